The van der Waals surface area contributed by atoms with Gasteiger partial charge in [-0.25, -0.2) is 14.3 Å². The number of likely N-dealkylation sites (N-methyl/N-ethyl adjacent to an activating group) is 2. The molecule has 0 unspecified atom stereocenters. The van der Waals surface area contributed by atoms with Gasteiger partial charge in [-0.3, -0.25) is 9.69 Å². The monoisotopic (exact) mass is 1000 g/mol. The number of carbonyl (C=O) groups excluding carboxylic acids is 3. The van der Waals surface area contributed by atoms with E-state index in [1.807, 2.05) is 96.8 Å². The number of hydrogen-bond acceptors (Lipinski definition) is 18. The average molecular weight is 1000 g/mol. The van der Waals surface area contributed by atoms with Crippen molar-refractivity contribution in [3.63, 3.8) is 0 Å². The third-order valence-electron chi connectivity index (χ3n) is 15.5. The van der Waals surface area contributed by atoms with Crippen LogP contribution in [0.5, 0.6) is 0 Å². The standard InChI is InChI=1S/C51H82N6O14/c1-16-38-51(11)43(70-48(61)71-51)33(7)56(14)25-28(2)22-49(9,62)42(68-46-40(58)37(55(12)13)21-30(4)64-46)31(5)41(32(6)45(59)66-38)67-39-23-50(10,63-15)44(34(8)65-39)69-47(60)52-24-36-27-57(54-53-36)26-35-20-18-17-19-29(35)3/h17-20,27-28,30-34,37-44,46,58,62H,16,21-26H2,1-15H3,(H,52,60)/t28-,30-,31+,32-,33-,34+,37+,38+,39+,40-,41-,42-,43+,44+,46+,49-,50-,51-/m1/s1. The molecule has 0 aliphatic carbocycles. The SMILES string of the molecule is CC[C@@H]1OC(=O)[C@H](C)[C@H](O[C@H]2C[C@@](C)(OC)[C@@H](OC(=O)NCc3cn(Cc4ccccc4C)nn3)[C@H](C)O2)[C@H](C)[C@@H](O[C@@H]2O[C@H](C)C[C@H](N(C)C)[C@H]2O)[C@](C)(O)C[C@@H](C)CN(C)[C@H](C)[C@@H]2OC(=O)O[C@]12C. The van der Waals surface area contributed by atoms with E-state index in [1.165, 1.54) is 7.11 Å². The number of fused-ring (bicyclic) bond motifs is 1. The summed E-state index contributed by atoms with van der Waals surface area (Å²) in [5, 5.41) is 35.8. The number of aromatic nitrogens is 3. The van der Waals surface area contributed by atoms with Crippen molar-refractivity contribution in [3.05, 3.63) is 47.3 Å². The number of esters is 1. The van der Waals surface area contributed by atoms with Crippen LogP contribution in [0.15, 0.2) is 30.5 Å². The molecule has 2 aromatic rings. The largest absolute Gasteiger partial charge is 0.509 e. The summed E-state index contributed by atoms with van der Waals surface area (Å²) in [7, 11) is 7.19. The third kappa shape index (κ3) is 12.9. The molecule has 1 aromatic heterocycles. The minimum absolute atomic E-state index is 0.0459. The van der Waals surface area contributed by atoms with E-state index >= 15 is 0 Å². The average Bonchev–Trinajstić information content (AvgIpc) is 3.89. The molecule has 400 valence electrons. The van der Waals surface area contributed by atoms with Crippen LogP contribution in [-0.2, 0) is 60.5 Å². The first kappa shape index (κ1) is 56.3. The van der Waals surface area contributed by atoms with Gasteiger partial charge in [-0.1, -0.05) is 50.3 Å². The lowest BCUT2D eigenvalue weighted by Gasteiger charge is -2.49. The molecule has 0 saturated carbocycles. The highest BCUT2D eigenvalue weighted by atomic mass is 16.8. The fourth-order valence-corrected chi connectivity index (χ4v) is 11.3. The van der Waals surface area contributed by atoms with Gasteiger partial charge in [-0.2, -0.15) is 0 Å². The van der Waals surface area contributed by atoms with Gasteiger partial charge < -0.3 is 63.1 Å². The maximum Gasteiger partial charge on any atom is 0.509 e. The van der Waals surface area contributed by atoms with Gasteiger partial charge in [0.1, 0.15) is 23.5 Å². The molecule has 1 amide bonds. The van der Waals surface area contributed by atoms with E-state index in [-0.39, 0.29) is 49.9 Å². The van der Waals surface area contributed by atoms with Gasteiger partial charge in [-0.15, -0.1) is 5.10 Å². The summed E-state index contributed by atoms with van der Waals surface area (Å²) in [5.74, 6) is -2.70. The van der Waals surface area contributed by atoms with Gasteiger partial charge in [0.25, 0.3) is 0 Å². The zero-order valence-corrected chi connectivity index (χ0v) is 44.5. The van der Waals surface area contributed by atoms with E-state index in [0.29, 0.717) is 25.2 Å². The zero-order chi connectivity index (χ0) is 52.3. The number of benzene rings is 1. The van der Waals surface area contributed by atoms with Crippen molar-refractivity contribution in [2.75, 3.05) is 34.8 Å². The first-order valence-electron chi connectivity index (χ1n) is 25.2. The molecule has 0 spiro atoms. The van der Waals surface area contributed by atoms with Crippen LogP contribution in [0, 0.1) is 24.7 Å². The van der Waals surface area contributed by atoms with E-state index in [2.05, 4.69) is 15.6 Å². The number of aliphatic hydroxyl groups excluding tert-OH is 1. The molecule has 18 atom stereocenters. The molecule has 3 N–H and O–H groups in total. The van der Waals surface area contributed by atoms with Crippen molar-refractivity contribution in [1.82, 2.24) is 30.1 Å². The molecular weight excluding hydrogens is 921 g/mol. The molecule has 4 aliphatic heterocycles. The molecule has 5 heterocycles. The van der Waals surface area contributed by atoms with Crippen LogP contribution >= 0.6 is 0 Å². The van der Waals surface area contributed by atoms with E-state index < -0.39 is 102 Å². The number of aryl methyl sites for hydroxylation is 1. The molecule has 0 bridgehead atoms. The summed E-state index contributed by atoms with van der Waals surface area (Å²) in [6.07, 6.45) is -7.92. The van der Waals surface area contributed by atoms with Gasteiger partial charge in [0, 0.05) is 38.1 Å². The Kier molecular flexibility index (Phi) is 18.3. The van der Waals surface area contributed by atoms with Crippen molar-refractivity contribution in [2.45, 2.75) is 205 Å². The number of alkyl carbamates (subject to hydrolysis) is 1. The van der Waals surface area contributed by atoms with E-state index in [1.54, 1.807) is 45.5 Å². The number of cyclic esters (lactones) is 1. The minimum Gasteiger partial charge on any atom is -0.458 e. The number of methoxy groups -OCH3 is 1. The van der Waals surface area contributed by atoms with E-state index in [4.69, 9.17) is 42.6 Å². The number of nitrogens with zero attached hydrogens (tertiary/aromatic N) is 5. The van der Waals surface area contributed by atoms with Gasteiger partial charge in [0.2, 0.25) is 0 Å². The quantitative estimate of drug-likeness (QED) is 0.189. The molecule has 6 rings (SSSR count). The number of nitrogens with one attached hydrogen (secondary N) is 1. The maximum atomic E-state index is 14.8. The van der Waals surface area contributed by atoms with Gasteiger partial charge >= 0.3 is 18.2 Å². The molecule has 20 nitrogen and oxygen atoms in total. The van der Waals surface area contributed by atoms with E-state index in [0.717, 1.165) is 11.1 Å². The Morgan fingerprint density at radius 3 is 2.37 bits per heavy atom. The highest BCUT2D eigenvalue weighted by Gasteiger charge is 2.58. The lowest BCUT2D eigenvalue weighted by Crippen LogP contribution is -2.61. The first-order valence-corrected chi connectivity index (χ1v) is 25.2. The summed E-state index contributed by atoms with van der Waals surface area (Å²) in [6, 6.07) is 7.32. The number of rotatable bonds is 12. The van der Waals surface area contributed by atoms with Crippen molar-refractivity contribution in [3.8, 4) is 0 Å². The highest BCUT2D eigenvalue weighted by molar-refractivity contribution is 5.73. The van der Waals surface area contributed by atoms with Crippen LogP contribution in [0.2, 0.25) is 0 Å². The predicted molar refractivity (Wildman–Crippen MR) is 259 cm³/mol. The lowest BCUT2D eigenvalue weighted by molar-refractivity contribution is -0.317. The fourth-order valence-electron chi connectivity index (χ4n) is 11.3. The molecule has 0 radical (unpaired) electrons. The number of aliphatic hydroxyl groups is 2. The van der Waals surface area contributed by atoms with E-state index in [9.17, 15) is 24.6 Å². The Bertz CT molecular complexity index is 2110. The zero-order valence-electron chi connectivity index (χ0n) is 44.5. The molecule has 4 aliphatic rings. The normalized spacial score (nSPS) is 39.9. The second-order valence-electron chi connectivity index (χ2n) is 21.6. The Balaban J connectivity index is 1.28. The number of hydrogen-bond donors (Lipinski definition) is 3. The first-order chi connectivity index (χ1) is 33.3. The smallest absolute Gasteiger partial charge is 0.458 e. The Morgan fingerprint density at radius 2 is 1.70 bits per heavy atom. The van der Waals surface area contributed by atoms with Crippen LogP contribution in [0.1, 0.15) is 112 Å². The Labute approximate surface area is 419 Å². The molecule has 4 saturated heterocycles. The molecule has 71 heavy (non-hydrogen) atoms. The van der Waals surface area contributed by atoms with Crippen LogP contribution in [-0.4, -0.2) is 178 Å². The van der Waals surface area contributed by atoms with Crippen molar-refractivity contribution >= 4 is 18.2 Å². The molecular formula is C51H82N6O14. The third-order valence-corrected chi connectivity index (χ3v) is 15.5. The number of amides is 1. The van der Waals surface area contributed by atoms with Crippen LogP contribution in [0.25, 0.3) is 0 Å². The lowest BCUT2D eigenvalue weighted by atomic mass is 9.77. The summed E-state index contributed by atoms with van der Waals surface area (Å²) in [4.78, 5) is 45.1. The summed E-state index contributed by atoms with van der Waals surface area (Å²) < 4.78 is 58.6. The topological polar surface area (TPSA) is 224 Å². The van der Waals surface area contributed by atoms with Crippen molar-refractivity contribution < 1.29 is 67.2 Å². The van der Waals surface area contributed by atoms with Gasteiger partial charge in [-0.05, 0) is 113 Å². The van der Waals surface area contributed by atoms with Crippen molar-refractivity contribution in [2.24, 2.45) is 17.8 Å². The number of ether oxygens (including phenoxy) is 9. The second kappa shape index (κ2) is 23.1. The minimum atomic E-state index is -1.61. The van der Waals surface area contributed by atoms with Crippen molar-refractivity contribution in [1.29, 1.82) is 0 Å². The molecule has 1 aromatic carbocycles. The van der Waals surface area contributed by atoms with Crippen LogP contribution in [0.3, 0.4) is 0 Å². The van der Waals surface area contributed by atoms with Crippen LogP contribution in [0.4, 0.5) is 9.59 Å². The summed E-state index contributed by atoms with van der Waals surface area (Å²) in [5.41, 5.74) is -1.35. The summed E-state index contributed by atoms with van der Waals surface area (Å²) >= 11 is 0. The van der Waals surface area contributed by atoms with Gasteiger partial charge in [0.05, 0.1) is 55.2 Å². The Morgan fingerprint density at radius 1 is 1.00 bits per heavy atom. The van der Waals surface area contributed by atoms with Gasteiger partial charge in [0.15, 0.2) is 30.4 Å². The number of carbonyl (C=O) groups is 3. The molecule has 20 heteroatoms. The van der Waals surface area contributed by atoms with Crippen LogP contribution < -0.4 is 5.32 Å². The molecule has 4 fully saturated rings. The predicted octanol–water partition coefficient (Wildman–Crippen LogP) is 4.97. The maximum absolute atomic E-state index is 14.8. The highest BCUT2D eigenvalue weighted by Crippen LogP contribution is 2.42. The fraction of sp³-hybridized carbons (Fsp3) is 0.784. The second-order valence-corrected chi connectivity index (χ2v) is 21.6. The summed E-state index contributed by atoms with van der Waals surface area (Å²) in [6.45, 7) is 21.2. The Hall–Kier alpha value is -3.99.